The second kappa shape index (κ2) is 5.32. The van der Waals surface area contributed by atoms with Crippen molar-refractivity contribution in [2.24, 2.45) is 0 Å². The number of hydrogen-bond acceptors (Lipinski definition) is 2. The van der Waals surface area contributed by atoms with Crippen LogP contribution in [0.4, 0.5) is 4.79 Å². The molecule has 0 aliphatic rings. The van der Waals surface area contributed by atoms with E-state index in [1.54, 1.807) is 0 Å². The van der Waals surface area contributed by atoms with Gasteiger partial charge in [-0.3, -0.25) is 0 Å². The summed E-state index contributed by atoms with van der Waals surface area (Å²) in [4.78, 5) is 11.2. The Hall–Kier alpha value is -0.440. The van der Waals surface area contributed by atoms with Gasteiger partial charge in [0.15, 0.2) is 0 Å². The Labute approximate surface area is 85.1 Å². The number of nitrogens with zero attached hydrogens (tertiary/aromatic N) is 1. The van der Waals surface area contributed by atoms with Crippen LogP contribution in [0.1, 0.15) is 40.5 Å². The van der Waals surface area contributed by atoms with E-state index in [1.807, 2.05) is 27.7 Å². The van der Waals surface area contributed by atoms with Crippen molar-refractivity contribution >= 4 is 17.9 Å². The molecule has 0 saturated carbocycles. The van der Waals surface area contributed by atoms with Gasteiger partial charge in [0.05, 0.1) is 0 Å². The highest BCUT2D eigenvalue weighted by Gasteiger charge is 2.20. The predicted molar refractivity (Wildman–Crippen MR) is 53.7 cm³/mol. The lowest BCUT2D eigenvalue weighted by Crippen LogP contribution is -2.31. The zero-order chi connectivity index (χ0) is 10.5. The molecule has 0 heterocycles. The van der Waals surface area contributed by atoms with Crippen molar-refractivity contribution in [1.82, 2.24) is 4.42 Å². The maximum Gasteiger partial charge on any atom is 0.425 e. The maximum absolute atomic E-state index is 11.2. The van der Waals surface area contributed by atoms with Crippen LogP contribution in [-0.2, 0) is 4.74 Å². The number of amides is 1. The van der Waals surface area contributed by atoms with Crippen LogP contribution in [0.15, 0.2) is 0 Å². The molecule has 0 spiro atoms. The third-order valence-electron chi connectivity index (χ3n) is 1.30. The van der Waals surface area contributed by atoms with Crippen molar-refractivity contribution in [2.45, 2.75) is 46.1 Å². The zero-order valence-electron chi connectivity index (χ0n) is 8.76. The van der Waals surface area contributed by atoms with Gasteiger partial charge in [0.2, 0.25) is 0 Å². The molecule has 0 N–H and O–H groups in total. The minimum absolute atomic E-state index is 0.470. The molecular weight excluding hydrogens is 190 g/mol. The molecule has 0 bridgehead atoms. The van der Waals surface area contributed by atoms with Crippen molar-refractivity contribution in [3.63, 3.8) is 0 Å². The molecule has 0 rings (SSSR count). The topological polar surface area (TPSA) is 29.5 Å². The Morgan fingerprint density at radius 2 is 2.00 bits per heavy atom. The number of carbonyl (C=O) groups is 1. The van der Waals surface area contributed by atoms with Crippen molar-refractivity contribution in [3.8, 4) is 0 Å². The van der Waals surface area contributed by atoms with Gasteiger partial charge >= 0.3 is 6.09 Å². The smallest absolute Gasteiger partial charge is 0.425 e. The second-order valence-corrected chi connectivity index (χ2v) is 4.33. The molecule has 0 aromatic heterocycles. The Kier molecular flexibility index (Phi) is 5.14. The fourth-order valence-electron chi connectivity index (χ4n) is 0.700. The highest BCUT2D eigenvalue weighted by Crippen LogP contribution is 2.11. The average molecular weight is 208 g/mol. The highest BCUT2D eigenvalue weighted by atomic mass is 35.5. The Balaban J connectivity index is 3.83. The van der Waals surface area contributed by atoms with E-state index in [0.717, 1.165) is 17.3 Å². The lowest BCUT2D eigenvalue weighted by molar-refractivity contribution is 0.0391. The van der Waals surface area contributed by atoms with Crippen LogP contribution in [0.3, 0.4) is 0 Å². The van der Waals surface area contributed by atoms with E-state index in [9.17, 15) is 4.79 Å². The van der Waals surface area contributed by atoms with Crippen LogP contribution in [-0.4, -0.2) is 22.7 Å². The molecule has 1 amide bonds. The maximum atomic E-state index is 11.2. The van der Waals surface area contributed by atoms with Gasteiger partial charge in [-0.25, -0.2) is 9.21 Å². The number of rotatable bonds is 3. The summed E-state index contributed by atoms with van der Waals surface area (Å²) < 4.78 is 6.14. The fourth-order valence-corrected chi connectivity index (χ4v) is 0.854. The van der Waals surface area contributed by atoms with Crippen molar-refractivity contribution in [1.29, 1.82) is 0 Å². The summed E-state index contributed by atoms with van der Waals surface area (Å²) in [6.45, 7) is 8.02. The van der Waals surface area contributed by atoms with E-state index in [4.69, 9.17) is 16.5 Å². The molecule has 78 valence electrons. The molecule has 0 saturated heterocycles. The molecule has 0 fully saturated rings. The molecule has 0 radical (unpaired) electrons. The lowest BCUT2D eigenvalue weighted by atomic mass is 10.2. The van der Waals surface area contributed by atoms with Gasteiger partial charge in [0, 0.05) is 18.3 Å². The Bertz CT molecular complexity index is 165. The number of carbonyl (C=O) groups excluding carboxylic acids is 1. The van der Waals surface area contributed by atoms with Crippen LogP contribution >= 0.6 is 11.8 Å². The minimum atomic E-state index is -0.476. The van der Waals surface area contributed by atoms with Crippen LogP contribution in [0.2, 0.25) is 0 Å². The summed E-state index contributed by atoms with van der Waals surface area (Å²) in [5, 5.41) is 0. The molecule has 4 heteroatoms. The van der Waals surface area contributed by atoms with Gasteiger partial charge in [-0.15, -0.1) is 0 Å². The van der Waals surface area contributed by atoms with E-state index in [-0.39, 0.29) is 0 Å². The monoisotopic (exact) mass is 207 g/mol. The zero-order valence-corrected chi connectivity index (χ0v) is 9.52. The van der Waals surface area contributed by atoms with Crippen molar-refractivity contribution in [2.75, 3.05) is 6.54 Å². The van der Waals surface area contributed by atoms with Gasteiger partial charge in [0.25, 0.3) is 0 Å². The first kappa shape index (κ1) is 12.6. The molecule has 0 aromatic carbocycles. The molecule has 0 aliphatic heterocycles. The summed E-state index contributed by atoms with van der Waals surface area (Å²) in [7, 11) is 0. The summed E-state index contributed by atoms with van der Waals surface area (Å²) in [6, 6.07) is 0. The molecule has 0 unspecified atom stereocenters. The molecule has 0 atom stereocenters. The number of ether oxygens (including phenoxy) is 1. The van der Waals surface area contributed by atoms with Crippen molar-refractivity contribution < 1.29 is 9.53 Å². The third kappa shape index (κ3) is 6.70. The summed E-state index contributed by atoms with van der Waals surface area (Å²) in [5.74, 6) is 0. The van der Waals surface area contributed by atoms with Gasteiger partial charge in [-0.05, 0) is 27.2 Å². The minimum Gasteiger partial charge on any atom is -0.443 e. The van der Waals surface area contributed by atoms with Gasteiger partial charge in [-0.2, -0.15) is 0 Å². The predicted octanol–water partition coefficient (Wildman–Crippen LogP) is 3.18. The fraction of sp³-hybridized carbons (Fsp3) is 0.889. The SMILES string of the molecule is CCCCN(Cl)C(=O)OC(C)(C)C. The molecule has 0 aliphatic carbocycles. The molecule has 0 aromatic rings. The normalized spacial score (nSPS) is 11.2. The van der Waals surface area contributed by atoms with E-state index in [2.05, 4.69) is 0 Å². The van der Waals surface area contributed by atoms with Crippen molar-refractivity contribution in [3.05, 3.63) is 0 Å². The highest BCUT2D eigenvalue weighted by molar-refractivity contribution is 6.20. The average Bonchev–Trinajstić information content (AvgIpc) is 1.96. The van der Waals surface area contributed by atoms with Gasteiger partial charge in [0.1, 0.15) is 5.60 Å². The first-order valence-electron chi connectivity index (χ1n) is 4.53. The Morgan fingerprint density at radius 3 is 2.38 bits per heavy atom. The van der Waals surface area contributed by atoms with E-state index in [0.29, 0.717) is 6.54 Å². The quantitative estimate of drug-likeness (QED) is 0.666. The first-order chi connectivity index (χ1) is 5.87. The van der Waals surface area contributed by atoms with Crippen LogP contribution < -0.4 is 0 Å². The van der Waals surface area contributed by atoms with Crippen LogP contribution in [0.25, 0.3) is 0 Å². The van der Waals surface area contributed by atoms with Crippen LogP contribution in [0, 0.1) is 0 Å². The summed E-state index contributed by atoms with van der Waals surface area (Å²) in [5.41, 5.74) is -0.476. The van der Waals surface area contributed by atoms with Crippen LogP contribution in [0.5, 0.6) is 0 Å². The molecule has 13 heavy (non-hydrogen) atoms. The standard InChI is InChI=1S/C9H18ClNO2/c1-5-6-7-11(10)8(12)13-9(2,3)4/h5-7H2,1-4H3. The molecular formula is C9H18ClNO2. The Morgan fingerprint density at radius 1 is 1.46 bits per heavy atom. The summed E-state index contributed by atoms with van der Waals surface area (Å²) in [6.07, 6.45) is 1.43. The van der Waals surface area contributed by atoms with E-state index in [1.165, 1.54) is 0 Å². The second-order valence-electron chi connectivity index (χ2n) is 3.92. The summed E-state index contributed by atoms with van der Waals surface area (Å²) >= 11 is 5.67. The lowest BCUT2D eigenvalue weighted by Gasteiger charge is -2.22. The van der Waals surface area contributed by atoms with E-state index < -0.39 is 11.7 Å². The van der Waals surface area contributed by atoms with E-state index >= 15 is 0 Å². The third-order valence-corrected chi connectivity index (χ3v) is 1.61. The number of hydrogen-bond donors (Lipinski definition) is 0. The number of halogens is 1. The number of unbranched alkanes of at least 4 members (excludes halogenated alkanes) is 1. The first-order valence-corrected chi connectivity index (χ1v) is 4.87. The van der Waals surface area contributed by atoms with Gasteiger partial charge < -0.3 is 4.74 Å². The van der Waals surface area contributed by atoms with Gasteiger partial charge in [-0.1, -0.05) is 13.3 Å². The molecule has 3 nitrogen and oxygen atoms in total. The largest absolute Gasteiger partial charge is 0.443 e.